The summed E-state index contributed by atoms with van der Waals surface area (Å²) < 4.78 is 46.4. The van der Waals surface area contributed by atoms with Crippen molar-refractivity contribution in [3.63, 3.8) is 0 Å². The number of non-ortho nitro benzene ring substituents is 1. The predicted octanol–water partition coefficient (Wildman–Crippen LogP) is 4.30. The summed E-state index contributed by atoms with van der Waals surface area (Å²) in [4.78, 5) is 34.2. The van der Waals surface area contributed by atoms with Crippen molar-refractivity contribution in [1.82, 2.24) is 9.78 Å². The Morgan fingerprint density at radius 1 is 1.21 bits per heavy atom. The van der Waals surface area contributed by atoms with E-state index >= 15 is 0 Å². The molecule has 1 amide bonds. The minimum Gasteiger partial charge on any atom is -0.453 e. The number of hydrogen-bond donors (Lipinski definition) is 1. The topological polar surface area (TPSA) is 116 Å². The van der Waals surface area contributed by atoms with Gasteiger partial charge in [-0.05, 0) is 37.1 Å². The molecule has 3 rings (SSSR count). The highest BCUT2D eigenvalue weighted by Crippen LogP contribution is 2.37. The number of halogens is 3. The number of rotatable bonds is 8. The van der Waals surface area contributed by atoms with Gasteiger partial charge in [0.15, 0.2) is 6.10 Å². The standard InChI is InChI=1S/C22H19F3N4O5/c1-14(21(31)27-19-9-8-17(29(32)33)11-18(19)22(23,24)25)34-20(30)10-7-15-12-26-28(13-15)16-5-3-2-4-6-16/h2-6,8-9,11-14H,7,10H2,1H3,(H,27,31). The minimum absolute atomic E-state index is 0.0799. The number of nitro benzene ring substituents is 1. The molecule has 0 aliphatic heterocycles. The van der Waals surface area contributed by atoms with E-state index in [0.717, 1.165) is 23.4 Å². The number of esters is 1. The minimum atomic E-state index is -4.95. The molecule has 0 saturated heterocycles. The van der Waals surface area contributed by atoms with Crippen LogP contribution in [0, 0.1) is 10.1 Å². The quantitative estimate of drug-likeness (QED) is 0.294. The van der Waals surface area contributed by atoms with E-state index in [0.29, 0.717) is 6.07 Å². The number of ether oxygens (including phenoxy) is 1. The Morgan fingerprint density at radius 3 is 2.56 bits per heavy atom. The lowest BCUT2D eigenvalue weighted by Crippen LogP contribution is -2.30. The normalized spacial score (nSPS) is 12.1. The highest BCUT2D eigenvalue weighted by Gasteiger charge is 2.36. The second kappa shape index (κ2) is 10.1. The zero-order valence-corrected chi connectivity index (χ0v) is 17.8. The van der Waals surface area contributed by atoms with Crippen LogP contribution < -0.4 is 5.32 Å². The molecule has 1 atom stereocenters. The molecular weight excluding hydrogens is 457 g/mol. The van der Waals surface area contributed by atoms with Crippen molar-refractivity contribution in [2.75, 3.05) is 5.32 Å². The number of nitrogens with one attached hydrogen (secondary N) is 1. The van der Waals surface area contributed by atoms with Gasteiger partial charge in [0.05, 0.1) is 28.1 Å². The molecule has 0 fully saturated rings. The van der Waals surface area contributed by atoms with Crippen molar-refractivity contribution in [3.05, 3.63) is 82.2 Å². The number of aromatic nitrogens is 2. The van der Waals surface area contributed by atoms with Crippen molar-refractivity contribution in [1.29, 1.82) is 0 Å². The van der Waals surface area contributed by atoms with E-state index in [1.165, 1.54) is 6.92 Å². The molecule has 0 aliphatic carbocycles. The second-order valence-corrected chi connectivity index (χ2v) is 7.23. The second-order valence-electron chi connectivity index (χ2n) is 7.23. The van der Waals surface area contributed by atoms with Gasteiger partial charge in [0.2, 0.25) is 0 Å². The number of carbonyl (C=O) groups excluding carboxylic acids is 2. The Bertz CT molecular complexity index is 1190. The zero-order valence-electron chi connectivity index (χ0n) is 17.8. The van der Waals surface area contributed by atoms with Gasteiger partial charge in [-0.3, -0.25) is 19.7 Å². The zero-order chi connectivity index (χ0) is 24.9. The number of alkyl halides is 3. The summed E-state index contributed by atoms with van der Waals surface area (Å²) in [6, 6.07) is 11.2. The third-order valence-corrected chi connectivity index (χ3v) is 4.73. The Hall–Kier alpha value is -4.22. The van der Waals surface area contributed by atoms with Crippen LogP contribution in [0.15, 0.2) is 60.9 Å². The summed E-state index contributed by atoms with van der Waals surface area (Å²) in [6.07, 6.45) is -2.81. The van der Waals surface area contributed by atoms with Crippen LogP contribution in [-0.2, 0) is 26.9 Å². The lowest BCUT2D eigenvalue weighted by molar-refractivity contribution is -0.385. The Kier molecular flexibility index (Phi) is 7.29. The molecule has 9 nitrogen and oxygen atoms in total. The molecule has 0 aliphatic rings. The van der Waals surface area contributed by atoms with Crippen LogP contribution in [-0.4, -0.2) is 32.7 Å². The number of carbonyl (C=O) groups is 2. The number of nitrogens with zero attached hydrogens (tertiary/aromatic N) is 3. The van der Waals surface area contributed by atoms with Gasteiger partial charge in [0.1, 0.15) is 0 Å². The van der Waals surface area contributed by atoms with Gasteiger partial charge in [0.25, 0.3) is 11.6 Å². The van der Waals surface area contributed by atoms with Gasteiger partial charge >= 0.3 is 12.1 Å². The maximum atomic E-state index is 13.3. The van der Waals surface area contributed by atoms with E-state index < -0.39 is 46.0 Å². The number of anilines is 1. The van der Waals surface area contributed by atoms with E-state index in [4.69, 9.17) is 4.74 Å². The third kappa shape index (κ3) is 6.18. The molecule has 1 unspecified atom stereocenters. The first-order chi connectivity index (χ1) is 16.0. The first-order valence-electron chi connectivity index (χ1n) is 9.99. The van der Waals surface area contributed by atoms with Crippen LogP contribution in [0.5, 0.6) is 0 Å². The number of amides is 1. The lowest BCUT2D eigenvalue weighted by atomic mass is 10.1. The Balaban J connectivity index is 1.57. The summed E-state index contributed by atoms with van der Waals surface area (Å²) in [7, 11) is 0. The molecule has 12 heteroatoms. The molecule has 1 heterocycles. The summed E-state index contributed by atoms with van der Waals surface area (Å²) in [5.41, 5.74) is -1.26. The van der Waals surface area contributed by atoms with Gasteiger partial charge in [-0.1, -0.05) is 18.2 Å². The predicted molar refractivity (Wildman–Crippen MR) is 114 cm³/mol. The summed E-state index contributed by atoms with van der Waals surface area (Å²) >= 11 is 0. The maximum Gasteiger partial charge on any atom is 0.418 e. The summed E-state index contributed by atoms with van der Waals surface area (Å²) in [6.45, 7) is 1.21. The summed E-state index contributed by atoms with van der Waals surface area (Å²) in [5, 5.41) is 17.0. The Morgan fingerprint density at radius 2 is 1.91 bits per heavy atom. The van der Waals surface area contributed by atoms with E-state index in [9.17, 15) is 32.9 Å². The molecule has 34 heavy (non-hydrogen) atoms. The van der Waals surface area contributed by atoms with Gasteiger partial charge in [-0.15, -0.1) is 0 Å². The number of nitro groups is 1. The smallest absolute Gasteiger partial charge is 0.418 e. The van der Waals surface area contributed by atoms with Crippen molar-refractivity contribution in [3.8, 4) is 5.69 Å². The van der Waals surface area contributed by atoms with Crippen LogP contribution in [0.2, 0.25) is 0 Å². The third-order valence-electron chi connectivity index (χ3n) is 4.73. The van der Waals surface area contributed by atoms with Gasteiger partial charge in [-0.25, -0.2) is 4.68 Å². The van der Waals surface area contributed by atoms with Crippen LogP contribution in [0.4, 0.5) is 24.5 Å². The lowest BCUT2D eigenvalue weighted by Gasteiger charge is -2.16. The van der Waals surface area contributed by atoms with Gasteiger partial charge < -0.3 is 10.1 Å². The van der Waals surface area contributed by atoms with Crippen molar-refractivity contribution in [2.24, 2.45) is 0 Å². The molecule has 0 bridgehead atoms. The SMILES string of the molecule is CC(OC(=O)CCc1cnn(-c2ccccc2)c1)C(=O)Nc1ccc([N+](=O)[O-])cc1C(F)(F)F. The molecule has 3 aromatic rings. The first-order valence-corrected chi connectivity index (χ1v) is 9.99. The molecule has 0 saturated carbocycles. The van der Waals surface area contributed by atoms with E-state index in [2.05, 4.69) is 5.10 Å². The molecular formula is C22H19F3N4O5. The maximum absolute atomic E-state index is 13.3. The van der Waals surface area contributed by atoms with E-state index in [-0.39, 0.29) is 12.8 Å². The van der Waals surface area contributed by atoms with Gasteiger partial charge in [0, 0.05) is 24.8 Å². The fraction of sp³-hybridized carbons (Fsp3) is 0.227. The molecule has 1 aromatic heterocycles. The fourth-order valence-corrected chi connectivity index (χ4v) is 2.99. The summed E-state index contributed by atoms with van der Waals surface area (Å²) in [5.74, 6) is -1.74. The monoisotopic (exact) mass is 476 g/mol. The first kappa shape index (κ1) is 24.4. The number of para-hydroxylation sites is 1. The average Bonchev–Trinajstić information content (AvgIpc) is 3.27. The Labute approximate surface area is 191 Å². The largest absolute Gasteiger partial charge is 0.453 e. The van der Waals surface area contributed by atoms with Crippen LogP contribution >= 0.6 is 0 Å². The molecule has 0 radical (unpaired) electrons. The van der Waals surface area contributed by atoms with Crippen LogP contribution in [0.1, 0.15) is 24.5 Å². The highest BCUT2D eigenvalue weighted by molar-refractivity contribution is 5.96. The fourth-order valence-electron chi connectivity index (χ4n) is 2.99. The highest BCUT2D eigenvalue weighted by atomic mass is 19.4. The molecule has 0 spiro atoms. The van der Waals surface area contributed by atoms with Crippen LogP contribution in [0.3, 0.4) is 0 Å². The number of hydrogen-bond acceptors (Lipinski definition) is 6. The molecule has 1 N–H and O–H groups in total. The number of aryl methyl sites for hydroxylation is 1. The average molecular weight is 476 g/mol. The van der Waals surface area contributed by atoms with Gasteiger partial charge in [-0.2, -0.15) is 18.3 Å². The van der Waals surface area contributed by atoms with Crippen molar-refractivity contribution < 1.29 is 32.4 Å². The van der Waals surface area contributed by atoms with E-state index in [1.54, 1.807) is 17.1 Å². The van der Waals surface area contributed by atoms with E-state index in [1.807, 2.05) is 35.6 Å². The van der Waals surface area contributed by atoms with Crippen molar-refractivity contribution in [2.45, 2.75) is 32.0 Å². The molecule has 178 valence electrons. The van der Waals surface area contributed by atoms with Crippen LogP contribution in [0.25, 0.3) is 5.69 Å². The van der Waals surface area contributed by atoms with Crippen molar-refractivity contribution >= 4 is 23.3 Å². The molecule has 2 aromatic carbocycles. The number of benzene rings is 2.